The Balaban J connectivity index is 2.02. The van der Waals surface area contributed by atoms with Crippen molar-refractivity contribution in [3.05, 3.63) is 64.4 Å². The molecule has 0 aliphatic carbocycles. The topological polar surface area (TPSA) is 68.5 Å². The molecule has 27 heavy (non-hydrogen) atoms. The van der Waals surface area contributed by atoms with Crippen LogP contribution in [0, 0.1) is 13.8 Å². The van der Waals surface area contributed by atoms with Crippen molar-refractivity contribution in [3.63, 3.8) is 0 Å². The quantitative estimate of drug-likeness (QED) is 0.596. The molecule has 5 nitrogen and oxygen atoms in total. The molecule has 0 radical (unpaired) electrons. The Hall–Kier alpha value is -2.86. The van der Waals surface area contributed by atoms with Gasteiger partial charge in [-0.15, -0.1) is 11.3 Å². The number of rotatable bonds is 5. The standard InChI is InChI=1S/C21H21NO4S/c1-12(2)26-21(24)18-17(15-7-5-6-13(3)10-15)11-27-20(18)22-19(23)16-8-9-25-14(16)4/h5-12H,1-4H3,(H,22,23). The number of hydrogen-bond acceptors (Lipinski definition) is 5. The molecule has 0 saturated carbocycles. The second kappa shape index (κ2) is 7.80. The van der Waals surface area contributed by atoms with Gasteiger partial charge >= 0.3 is 5.97 Å². The Kier molecular flexibility index (Phi) is 5.46. The fourth-order valence-corrected chi connectivity index (χ4v) is 3.69. The number of ether oxygens (including phenoxy) is 1. The van der Waals surface area contributed by atoms with E-state index in [1.54, 1.807) is 26.8 Å². The molecule has 0 aliphatic heterocycles. The predicted molar refractivity (Wildman–Crippen MR) is 106 cm³/mol. The van der Waals surface area contributed by atoms with Crippen molar-refractivity contribution in [3.8, 4) is 11.1 Å². The van der Waals surface area contributed by atoms with Crippen molar-refractivity contribution in [1.29, 1.82) is 0 Å². The predicted octanol–water partition coefficient (Wildman–Crippen LogP) is 5.44. The van der Waals surface area contributed by atoms with Gasteiger partial charge in [0.1, 0.15) is 16.3 Å². The summed E-state index contributed by atoms with van der Waals surface area (Å²) in [4.78, 5) is 25.3. The van der Waals surface area contributed by atoms with Gasteiger partial charge in [-0.1, -0.05) is 29.8 Å². The summed E-state index contributed by atoms with van der Waals surface area (Å²) in [5.74, 6) is -0.256. The lowest BCUT2D eigenvalue weighted by Gasteiger charge is -2.12. The van der Waals surface area contributed by atoms with E-state index in [1.165, 1.54) is 17.6 Å². The van der Waals surface area contributed by atoms with Crippen LogP contribution in [0.2, 0.25) is 0 Å². The Morgan fingerprint density at radius 3 is 2.59 bits per heavy atom. The fraction of sp³-hybridized carbons (Fsp3) is 0.238. The molecule has 140 valence electrons. The van der Waals surface area contributed by atoms with Crippen molar-refractivity contribution in [1.82, 2.24) is 0 Å². The van der Waals surface area contributed by atoms with Crippen molar-refractivity contribution < 1.29 is 18.7 Å². The molecule has 1 N–H and O–H groups in total. The molecule has 0 spiro atoms. The summed E-state index contributed by atoms with van der Waals surface area (Å²) in [5.41, 5.74) is 3.54. The van der Waals surface area contributed by atoms with Crippen LogP contribution in [0.25, 0.3) is 11.1 Å². The average molecular weight is 383 g/mol. The molecule has 0 saturated heterocycles. The van der Waals surface area contributed by atoms with Crippen molar-refractivity contribution in [2.75, 3.05) is 5.32 Å². The van der Waals surface area contributed by atoms with Gasteiger partial charge in [0.25, 0.3) is 5.91 Å². The summed E-state index contributed by atoms with van der Waals surface area (Å²) >= 11 is 1.30. The van der Waals surface area contributed by atoms with E-state index in [1.807, 2.05) is 36.6 Å². The van der Waals surface area contributed by atoms with Gasteiger partial charge in [-0.3, -0.25) is 4.79 Å². The average Bonchev–Trinajstić information content (AvgIpc) is 3.20. The minimum atomic E-state index is -0.457. The lowest BCUT2D eigenvalue weighted by atomic mass is 10.0. The van der Waals surface area contributed by atoms with E-state index in [9.17, 15) is 9.59 Å². The van der Waals surface area contributed by atoms with E-state index >= 15 is 0 Å². The highest BCUT2D eigenvalue weighted by molar-refractivity contribution is 7.15. The third-order valence-corrected chi connectivity index (χ3v) is 4.89. The molecule has 0 unspecified atom stereocenters. The van der Waals surface area contributed by atoms with Gasteiger partial charge in [-0.25, -0.2) is 4.79 Å². The van der Waals surface area contributed by atoms with E-state index in [4.69, 9.17) is 9.15 Å². The molecular weight excluding hydrogens is 362 g/mol. The Morgan fingerprint density at radius 1 is 1.19 bits per heavy atom. The normalized spacial score (nSPS) is 10.9. The minimum Gasteiger partial charge on any atom is -0.469 e. The summed E-state index contributed by atoms with van der Waals surface area (Å²) in [6.45, 7) is 7.30. The Morgan fingerprint density at radius 2 is 1.96 bits per heavy atom. The first-order valence-corrected chi connectivity index (χ1v) is 9.49. The molecule has 2 aromatic heterocycles. The smallest absolute Gasteiger partial charge is 0.342 e. The zero-order valence-corrected chi connectivity index (χ0v) is 16.5. The summed E-state index contributed by atoms with van der Waals surface area (Å²) < 4.78 is 10.6. The van der Waals surface area contributed by atoms with Crippen LogP contribution < -0.4 is 5.32 Å². The van der Waals surface area contributed by atoms with Crippen LogP contribution >= 0.6 is 11.3 Å². The molecule has 0 atom stereocenters. The second-order valence-corrected chi connectivity index (χ2v) is 7.40. The number of esters is 1. The van der Waals surface area contributed by atoms with Gasteiger partial charge in [0.15, 0.2) is 0 Å². The highest BCUT2D eigenvalue weighted by Crippen LogP contribution is 2.37. The molecule has 1 aromatic carbocycles. The number of hydrogen-bond donors (Lipinski definition) is 1. The molecule has 3 aromatic rings. The lowest BCUT2D eigenvalue weighted by Crippen LogP contribution is -2.17. The van der Waals surface area contributed by atoms with Gasteiger partial charge in [-0.05, 0) is 39.3 Å². The number of nitrogens with one attached hydrogen (secondary N) is 1. The Labute approximate surface area is 162 Å². The van der Waals surface area contributed by atoms with Crippen LogP contribution in [0.5, 0.6) is 0 Å². The number of anilines is 1. The van der Waals surface area contributed by atoms with E-state index in [-0.39, 0.29) is 12.0 Å². The highest BCUT2D eigenvalue weighted by atomic mass is 32.1. The molecule has 0 fully saturated rings. The minimum absolute atomic E-state index is 0.262. The lowest BCUT2D eigenvalue weighted by molar-refractivity contribution is 0.0380. The van der Waals surface area contributed by atoms with Crippen molar-refractivity contribution in [2.24, 2.45) is 0 Å². The molecule has 6 heteroatoms. The van der Waals surface area contributed by atoms with Gasteiger partial charge in [0, 0.05) is 10.9 Å². The van der Waals surface area contributed by atoms with Crippen LogP contribution in [-0.2, 0) is 4.74 Å². The monoisotopic (exact) mass is 383 g/mol. The van der Waals surface area contributed by atoms with Crippen LogP contribution in [0.4, 0.5) is 5.00 Å². The first-order valence-electron chi connectivity index (χ1n) is 8.61. The summed E-state index contributed by atoms with van der Waals surface area (Å²) in [6, 6.07) is 9.47. The molecule has 0 aliphatic rings. The second-order valence-electron chi connectivity index (χ2n) is 6.52. The maximum Gasteiger partial charge on any atom is 0.342 e. The van der Waals surface area contributed by atoms with Gasteiger partial charge < -0.3 is 14.5 Å². The van der Waals surface area contributed by atoms with Crippen LogP contribution in [0.15, 0.2) is 46.4 Å². The largest absolute Gasteiger partial charge is 0.469 e. The number of benzene rings is 1. The molecular formula is C21H21NO4S. The third-order valence-electron chi connectivity index (χ3n) is 4.00. The maximum atomic E-state index is 12.8. The number of furan rings is 1. The van der Waals surface area contributed by atoms with E-state index in [2.05, 4.69) is 5.32 Å². The molecule has 0 bridgehead atoms. The third kappa shape index (κ3) is 4.11. The van der Waals surface area contributed by atoms with Crippen LogP contribution in [-0.4, -0.2) is 18.0 Å². The summed E-state index contributed by atoms with van der Waals surface area (Å²) in [7, 11) is 0. The van der Waals surface area contributed by atoms with Crippen LogP contribution in [0.1, 0.15) is 45.9 Å². The number of carbonyl (C=O) groups is 2. The first-order chi connectivity index (χ1) is 12.9. The van der Waals surface area contributed by atoms with E-state index in [0.717, 1.165) is 16.7 Å². The fourth-order valence-electron chi connectivity index (χ4n) is 2.74. The number of aryl methyl sites for hydroxylation is 2. The molecule has 1 amide bonds. The zero-order valence-electron chi connectivity index (χ0n) is 15.7. The van der Waals surface area contributed by atoms with Gasteiger partial charge in [0.2, 0.25) is 0 Å². The van der Waals surface area contributed by atoms with Crippen LogP contribution in [0.3, 0.4) is 0 Å². The maximum absolute atomic E-state index is 12.8. The highest BCUT2D eigenvalue weighted by Gasteiger charge is 2.24. The van der Waals surface area contributed by atoms with Crippen molar-refractivity contribution in [2.45, 2.75) is 33.8 Å². The SMILES string of the molecule is Cc1cccc(-c2csc(NC(=O)c3ccoc3C)c2C(=O)OC(C)C)c1. The molecule has 2 heterocycles. The summed E-state index contributed by atoms with van der Waals surface area (Å²) in [5, 5.41) is 5.16. The number of carbonyl (C=O) groups excluding carboxylic acids is 2. The number of amides is 1. The van der Waals surface area contributed by atoms with Gasteiger partial charge in [-0.2, -0.15) is 0 Å². The zero-order chi connectivity index (χ0) is 19.6. The van der Waals surface area contributed by atoms with E-state index in [0.29, 0.717) is 21.9 Å². The van der Waals surface area contributed by atoms with E-state index < -0.39 is 5.97 Å². The summed E-state index contributed by atoms with van der Waals surface area (Å²) in [6.07, 6.45) is 1.20. The molecule has 3 rings (SSSR count). The Bertz CT molecular complexity index is 984. The number of thiophene rings is 1. The van der Waals surface area contributed by atoms with Gasteiger partial charge in [0.05, 0.1) is 17.9 Å². The van der Waals surface area contributed by atoms with Crippen molar-refractivity contribution >= 4 is 28.2 Å². The first kappa shape index (κ1) is 18.9.